The lowest BCUT2D eigenvalue weighted by Gasteiger charge is -2.22. The topological polar surface area (TPSA) is 121 Å². The number of carbonyl (C=O) groups is 3. The molecule has 2 N–H and O–H groups in total. The minimum absolute atomic E-state index is 0.114. The van der Waals surface area contributed by atoms with Crippen molar-refractivity contribution in [3.05, 3.63) is 53.6 Å². The maximum absolute atomic E-state index is 12.9. The lowest BCUT2D eigenvalue weighted by molar-refractivity contribution is -0.133. The second-order valence-corrected chi connectivity index (χ2v) is 6.75. The molecule has 4 amide bonds. The van der Waals surface area contributed by atoms with E-state index in [1.54, 1.807) is 49.4 Å². The third kappa shape index (κ3) is 3.21. The summed E-state index contributed by atoms with van der Waals surface area (Å²) in [5.74, 6) is 0.00551. The highest BCUT2D eigenvalue weighted by Gasteiger charge is 2.49. The van der Waals surface area contributed by atoms with Gasteiger partial charge < -0.3 is 20.1 Å². The smallest absolute Gasteiger partial charge is 0.325 e. The van der Waals surface area contributed by atoms with Crippen molar-refractivity contribution in [3.63, 3.8) is 0 Å². The number of carbonyl (C=O) groups excluding carboxylic acids is 3. The molecule has 4 rings (SSSR count). The highest BCUT2D eigenvalue weighted by atomic mass is 16.7. The van der Waals surface area contributed by atoms with Crippen LogP contribution < -0.4 is 20.1 Å². The van der Waals surface area contributed by atoms with E-state index in [0.29, 0.717) is 28.3 Å². The first kappa shape index (κ1) is 18.3. The zero-order chi connectivity index (χ0) is 20.6. The Bertz CT molecular complexity index is 1060. The average molecular weight is 392 g/mol. The molecule has 0 bridgehead atoms. The van der Waals surface area contributed by atoms with Crippen LogP contribution in [-0.2, 0) is 15.1 Å². The summed E-state index contributed by atoms with van der Waals surface area (Å²) in [4.78, 5) is 38.5. The van der Waals surface area contributed by atoms with Crippen LogP contribution in [0.25, 0.3) is 0 Å². The van der Waals surface area contributed by atoms with Crippen molar-refractivity contribution >= 4 is 23.5 Å². The zero-order valence-corrected chi connectivity index (χ0v) is 15.4. The minimum atomic E-state index is -1.32. The number of hydrogen-bond donors (Lipinski definition) is 2. The molecule has 1 fully saturated rings. The molecular weight excluding hydrogens is 376 g/mol. The predicted octanol–water partition coefficient (Wildman–Crippen LogP) is 1.69. The van der Waals surface area contributed by atoms with Gasteiger partial charge in [-0.1, -0.05) is 12.1 Å². The summed E-state index contributed by atoms with van der Waals surface area (Å²) < 4.78 is 10.5. The lowest BCUT2D eigenvalue weighted by Crippen LogP contribution is -2.42. The third-order valence-corrected chi connectivity index (χ3v) is 4.82. The molecule has 146 valence electrons. The highest BCUT2D eigenvalue weighted by Crippen LogP contribution is 2.34. The number of fused-ring (bicyclic) bond motifs is 1. The molecule has 29 heavy (non-hydrogen) atoms. The second kappa shape index (κ2) is 6.83. The van der Waals surface area contributed by atoms with Crippen LogP contribution in [-0.4, -0.2) is 36.1 Å². The molecule has 1 atom stereocenters. The second-order valence-electron chi connectivity index (χ2n) is 6.75. The summed E-state index contributed by atoms with van der Waals surface area (Å²) in [7, 11) is 0. The standard InChI is InChI=1S/C20H16N4O5/c1-20(13-4-2-12(9-21)3-5-13)18(26)24(19(27)23-20)10-17(25)22-14-6-7-15-16(8-14)29-11-28-15/h2-8H,10-11H2,1H3,(H,22,25)(H,23,27). The summed E-state index contributed by atoms with van der Waals surface area (Å²) in [5.41, 5.74) is 0.105. The molecule has 1 saturated heterocycles. The molecule has 2 aromatic rings. The molecule has 0 saturated carbocycles. The van der Waals surface area contributed by atoms with Gasteiger partial charge in [0.25, 0.3) is 5.91 Å². The number of nitrogens with zero attached hydrogens (tertiary/aromatic N) is 2. The number of anilines is 1. The Balaban J connectivity index is 1.47. The van der Waals surface area contributed by atoms with E-state index in [0.717, 1.165) is 4.90 Å². The molecule has 2 aliphatic rings. The van der Waals surface area contributed by atoms with Crippen molar-refractivity contribution in [2.24, 2.45) is 0 Å². The van der Waals surface area contributed by atoms with E-state index in [1.165, 1.54) is 0 Å². The van der Waals surface area contributed by atoms with E-state index in [4.69, 9.17) is 14.7 Å². The van der Waals surface area contributed by atoms with Crippen LogP contribution in [0.4, 0.5) is 10.5 Å². The molecule has 0 aromatic heterocycles. The van der Waals surface area contributed by atoms with Crippen LogP contribution in [0.2, 0.25) is 0 Å². The van der Waals surface area contributed by atoms with Crippen molar-refractivity contribution in [2.75, 3.05) is 18.7 Å². The third-order valence-electron chi connectivity index (χ3n) is 4.82. The molecular formula is C20H16N4O5. The monoisotopic (exact) mass is 392 g/mol. The van der Waals surface area contributed by atoms with Crippen LogP contribution in [0.15, 0.2) is 42.5 Å². The number of benzene rings is 2. The average Bonchev–Trinajstić information content (AvgIpc) is 3.26. The van der Waals surface area contributed by atoms with Gasteiger partial charge >= 0.3 is 6.03 Å². The van der Waals surface area contributed by atoms with E-state index in [-0.39, 0.29) is 6.79 Å². The van der Waals surface area contributed by atoms with Crippen LogP contribution in [0.3, 0.4) is 0 Å². The normalized spacial score (nSPS) is 19.7. The summed E-state index contributed by atoms with van der Waals surface area (Å²) in [5, 5.41) is 14.2. The largest absolute Gasteiger partial charge is 0.454 e. The van der Waals surface area contributed by atoms with Gasteiger partial charge in [0, 0.05) is 11.8 Å². The van der Waals surface area contributed by atoms with Gasteiger partial charge in [0.15, 0.2) is 11.5 Å². The Labute approximate surface area is 165 Å². The predicted molar refractivity (Wildman–Crippen MR) is 99.9 cm³/mol. The molecule has 9 nitrogen and oxygen atoms in total. The van der Waals surface area contributed by atoms with Crippen LogP contribution in [0, 0.1) is 11.3 Å². The fraction of sp³-hybridized carbons (Fsp3) is 0.200. The van der Waals surface area contributed by atoms with Crippen LogP contribution in [0.5, 0.6) is 11.5 Å². The van der Waals surface area contributed by atoms with Crippen molar-refractivity contribution in [3.8, 4) is 17.6 Å². The maximum Gasteiger partial charge on any atom is 0.325 e. The summed E-state index contributed by atoms with van der Waals surface area (Å²) in [6.07, 6.45) is 0. The molecule has 1 unspecified atom stereocenters. The Kier molecular flexibility index (Phi) is 4.31. The van der Waals surface area contributed by atoms with Gasteiger partial charge in [-0.15, -0.1) is 0 Å². The number of imide groups is 1. The quantitative estimate of drug-likeness (QED) is 0.764. The molecule has 2 heterocycles. The maximum atomic E-state index is 12.9. The number of nitriles is 1. The van der Waals surface area contributed by atoms with E-state index >= 15 is 0 Å². The zero-order valence-electron chi connectivity index (χ0n) is 15.4. The molecule has 2 aliphatic heterocycles. The first-order valence-corrected chi connectivity index (χ1v) is 8.75. The van der Waals surface area contributed by atoms with Gasteiger partial charge in [-0.3, -0.25) is 14.5 Å². The number of rotatable bonds is 4. The Morgan fingerprint density at radius 3 is 2.66 bits per heavy atom. The Morgan fingerprint density at radius 1 is 1.21 bits per heavy atom. The van der Waals surface area contributed by atoms with Crippen molar-refractivity contribution < 1.29 is 23.9 Å². The van der Waals surface area contributed by atoms with Crippen molar-refractivity contribution in [1.82, 2.24) is 10.2 Å². The Hall–Kier alpha value is -4.06. The highest BCUT2D eigenvalue weighted by molar-refractivity contribution is 6.10. The minimum Gasteiger partial charge on any atom is -0.454 e. The lowest BCUT2D eigenvalue weighted by atomic mass is 9.91. The van der Waals surface area contributed by atoms with E-state index in [2.05, 4.69) is 10.6 Å². The fourth-order valence-corrected chi connectivity index (χ4v) is 3.23. The van der Waals surface area contributed by atoms with Gasteiger partial charge in [0.05, 0.1) is 11.6 Å². The first-order chi connectivity index (χ1) is 13.9. The van der Waals surface area contributed by atoms with Crippen LogP contribution >= 0.6 is 0 Å². The number of amides is 4. The molecule has 9 heteroatoms. The number of nitrogens with one attached hydrogen (secondary N) is 2. The molecule has 0 spiro atoms. The Morgan fingerprint density at radius 2 is 1.93 bits per heavy atom. The van der Waals surface area contributed by atoms with E-state index in [1.807, 2.05) is 6.07 Å². The number of urea groups is 1. The van der Waals surface area contributed by atoms with Gasteiger partial charge in [-0.25, -0.2) is 4.79 Å². The summed E-state index contributed by atoms with van der Waals surface area (Å²) in [6.45, 7) is 1.23. The van der Waals surface area contributed by atoms with Crippen molar-refractivity contribution in [1.29, 1.82) is 5.26 Å². The van der Waals surface area contributed by atoms with Gasteiger partial charge in [0.1, 0.15) is 12.1 Å². The number of hydrogen-bond acceptors (Lipinski definition) is 6. The fourth-order valence-electron chi connectivity index (χ4n) is 3.23. The van der Waals surface area contributed by atoms with Gasteiger partial charge in [-0.2, -0.15) is 5.26 Å². The summed E-state index contributed by atoms with van der Waals surface area (Å²) >= 11 is 0. The van der Waals surface area contributed by atoms with E-state index < -0.39 is 29.9 Å². The summed E-state index contributed by atoms with van der Waals surface area (Å²) in [6, 6.07) is 12.6. The van der Waals surface area contributed by atoms with Crippen molar-refractivity contribution in [2.45, 2.75) is 12.5 Å². The SMILES string of the molecule is CC1(c2ccc(C#N)cc2)NC(=O)N(CC(=O)Nc2ccc3c(c2)OCO3)C1=O. The van der Waals surface area contributed by atoms with Crippen LogP contribution in [0.1, 0.15) is 18.1 Å². The molecule has 0 radical (unpaired) electrons. The molecule has 0 aliphatic carbocycles. The molecule has 2 aromatic carbocycles. The van der Waals surface area contributed by atoms with E-state index in [9.17, 15) is 14.4 Å². The van der Waals surface area contributed by atoms with Gasteiger partial charge in [-0.05, 0) is 36.8 Å². The first-order valence-electron chi connectivity index (χ1n) is 8.75. The van der Waals surface area contributed by atoms with Gasteiger partial charge in [0.2, 0.25) is 12.7 Å². The number of ether oxygens (including phenoxy) is 2.